The number of amides is 1. The lowest BCUT2D eigenvalue weighted by Gasteiger charge is -2.05. The Bertz CT molecular complexity index is 555. The Labute approximate surface area is 106 Å². The zero-order valence-corrected chi connectivity index (χ0v) is 10.8. The Morgan fingerprint density at radius 1 is 1.44 bits per heavy atom. The highest BCUT2D eigenvalue weighted by Crippen LogP contribution is 2.07. The molecule has 6 heteroatoms. The first-order valence-electron chi connectivity index (χ1n) is 5.91. The molecular weight excluding hydrogens is 230 g/mol. The third kappa shape index (κ3) is 2.27. The highest BCUT2D eigenvalue weighted by atomic mass is 16.1. The third-order valence-corrected chi connectivity index (χ3v) is 3.00. The second-order valence-corrected chi connectivity index (χ2v) is 4.09. The van der Waals surface area contributed by atoms with E-state index in [1.165, 1.54) is 0 Å². The van der Waals surface area contributed by atoms with E-state index in [0.29, 0.717) is 12.1 Å². The van der Waals surface area contributed by atoms with Gasteiger partial charge in [0.05, 0.1) is 24.0 Å². The van der Waals surface area contributed by atoms with Gasteiger partial charge in [0.25, 0.3) is 5.91 Å². The maximum absolute atomic E-state index is 12.0. The molecule has 0 aliphatic rings. The summed E-state index contributed by atoms with van der Waals surface area (Å²) >= 11 is 0. The van der Waals surface area contributed by atoms with Crippen molar-refractivity contribution in [1.29, 1.82) is 0 Å². The van der Waals surface area contributed by atoms with Crippen molar-refractivity contribution in [2.45, 2.75) is 26.9 Å². The molecule has 18 heavy (non-hydrogen) atoms. The number of carbonyl (C=O) groups excluding carboxylic acids is 1. The first kappa shape index (κ1) is 12.3. The lowest BCUT2D eigenvalue weighted by Crippen LogP contribution is -2.24. The van der Waals surface area contributed by atoms with Crippen LogP contribution >= 0.6 is 0 Å². The van der Waals surface area contributed by atoms with Gasteiger partial charge in [-0.3, -0.25) is 14.2 Å². The van der Waals surface area contributed by atoms with Crippen LogP contribution in [0.15, 0.2) is 18.5 Å². The van der Waals surface area contributed by atoms with E-state index in [2.05, 4.69) is 15.5 Å². The van der Waals surface area contributed by atoms with E-state index in [9.17, 15) is 4.79 Å². The number of rotatable bonds is 4. The summed E-state index contributed by atoms with van der Waals surface area (Å²) in [6, 6.07) is 1.88. The van der Waals surface area contributed by atoms with E-state index < -0.39 is 0 Å². The Hall–Kier alpha value is -2.11. The van der Waals surface area contributed by atoms with Crippen LogP contribution < -0.4 is 5.32 Å². The molecule has 0 saturated heterocycles. The van der Waals surface area contributed by atoms with Crippen molar-refractivity contribution in [2.24, 2.45) is 7.05 Å². The van der Waals surface area contributed by atoms with E-state index in [0.717, 1.165) is 17.9 Å². The van der Waals surface area contributed by atoms with Gasteiger partial charge in [0.15, 0.2) is 0 Å². The predicted octanol–water partition coefficient (Wildman–Crippen LogP) is 0.875. The maximum Gasteiger partial charge on any atom is 0.255 e. The van der Waals surface area contributed by atoms with Crippen molar-refractivity contribution in [3.05, 3.63) is 35.4 Å². The lowest BCUT2D eigenvalue weighted by molar-refractivity contribution is 0.0949. The number of nitrogens with zero attached hydrogens (tertiary/aromatic N) is 4. The predicted molar refractivity (Wildman–Crippen MR) is 67.0 cm³/mol. The average molecular weight is 247 g/mol. The van der Waals surface area contributed by atoms with Crippen molar-refractivity contribution in [1.82, 2.24) is 24.9 Å². The minimum absolute atomic E-state index is 0.103. The molecule has 0 atom stereocenters. The van der Waals surface area contributed by atoms with Crippen LogP contribution in [0.3, 0.4) is 0 Å². The van der Waals surface area contributed by atoms with Gasteiger partial charge in [0.2, 0.25) is 0 Å². The Kier molecular flexibility index (Phi) is 3.45. The molecule has 96 valence electrons. The van der Waals surface area contributed by atoms with Gasteiger partial charge in [-0.05, 0) is 19.9 Å². The molecule has 0 spiro atoms. The summed E-state index contributed by atoms with van der Waals surface area (Å²) in [6.07, 6.45) is 3.32. The molecule has 0 saturated carbocycles. The number of nitrogens with one attached hydrogen (secondary N) is 1. The quantitative estimate of drug-likeness (QED) is 0.872. The SMILES string of the molecule is CCn1ncc(C(=O)NCc2ccnn2C)c1C. The van der Waals surface area contributed by atoms with Crippen LogP contribution in [-0.4, -0.2) is 25.5 Å². The van der Waals surface area contributed by atoms with Gasteiger partial charge < -0.3 is 5.32 Å². The summed E-state index contributed by atoms with van der Waals surface area (Å²) in [6.45, 7) is 5.12. The average Bonchev–Trinajstić information content (AvgIpc) is 2.92. The van der Waals surface area contributed by atoms with Gasteiger partial charge in [-0.15, -0.1) is 0 Å². The zero-order valence-electron chi connectivity index (χ0n) is 10.8. The maximum atomic E-state index is 12.0. The number of aryl methyl sites for hydroxylation is 2. The van der Waals surface area contributed by atoms with Crippen molar-refractivity contribution in [3.63, 3.8) is 0 Å². The van der Waals surface area contributed by atoms with Gasteiger partial charge in [0, 0.05) is 25.5 Å². The molecule has 2 aromatic heterocycles. The normalized spacial score (nSPS) is 10.6. The lowest BCUT2D eigenvalue weighted by atomic mass is 10.2. The van der Waals surface area contributed by atoms with Crippen LogP contribution in [0.4, 0.5) is 0 Å². The minimum atomic E-state index is -0.103. The summed E-state index contributed by atoms with van der Waals surface area (Å²) in [7, 11) is 1.85. The summed E-state index contributed by atoms with van der Waals surface area (Å²) in [5.74, 6) is -0.103. The van der Waals surface area contributed by atoms with Gasteiger partial charge in [0.1, 0.15) is 0 Å². The molecular formula is C12H17N5O. The zero-order chi connectivity index (χ0) is 13.1. The fourth-order valence-corrected chi connectivity index (χ4v) is 1.83. The van der Waals surface area contributed by atoms with Crippen molar-refractivity contribution >= 4 is 5.91 Å². The van der Waals surface area contributed by atoms with Crippen LogP contribution in [0.25, 0.3) is 0 Å². The Morgan fingerprint density at radius 3 is 2.78 bits per heavy atom. The highest BCUT2D eigenvalue weighted by Gasteiger charge is 2.13. The molecule has 0 aliphatic heterocycles. The molecule has 0 aliphatic carbocycles. The number of hydrogen-bond donors (Lipinski definition) is 1. The smallest absolute Gasteiger partial charge is 0.255 e. The van der Waals surface area contributed by atoms with Crippen molar-refractivity contribution in [2.75, 3.05) is 0 Å². The molecule has 0 fully saturated rings. The molecule has 0 radical (unpaired) electrons. The van der Waals surface area contributed by atoms with Crippen molar-refractivity contribution in [3.8, 4) is 0 Å². The van der Waals surface area contributed by atoms with E-state index in [4.69, 9.17) is 0 Å². The van der Waals surface area contributed by atoms with Gasteiger partial charge in [-0.25, -0.2) is 0 Å². The summed E-state index contributed by atoms with van der Waals surface area (Å²) in [5.41, 5.74) is 2.47. The van der Waals surface area contributed by atoms with Gasteiger partial charge >= 0.3 is 0 Å². The summed E-state index contributed by atoms with van der Waals surface area (Å²) in [4.78, 5) is 12.0. The first-order chi connectivity index (χ1) is 8.63. The third-order valence-electron chi connectivity index (χ3n) is 3.00. The topological polar surface area (TPSA) is 64.7 Å². The van der Waals surface area contributed by atoms with Crippen LogP contribution in [0.5, 0.6) is 0 Å². The Balaban J connectivity index is 2.04. The largest absolute Gasteiger partial charge is 0.346 e. The van der Waals surface area contributed by atoms with E-state index in [-0.39, 0.29) is 5.91 Å². The van der Waals surface area contributed by atoms with Crippen LogP contribution in [0, 0.1) is 6.92 Å². The highest BCUT2D eigenvalue weighted by molar-refractivity contribution is 5.94. The number of carbonyl (C=O) groups is 1. The molecule has 2 aromatic rings. The monoisotopic (exact) mass is 247 g/mol. The standard InChI is InChI=1S/C12H17N5O/c1-4-17-9(2)11(8-15-17)12(18)13-7-10-5-6-14-16(10)3/h5-6,8H,4,7H2,1-3H3,(H,13,18). The molecule has 1 amide bonds. The van der Waals surface area contributed by atoms with E-state index >= 15 is 0 Å². The molecule has 0 bridgehead atoms. The second-order valence-electron chi connectivity index (χ2n) is 4.09. The molecule has 0 unspecified atom stereocenters. The molecule has 1 N–H and O–H groups in total. The molecule has 6 nitrogen and oxygen atoms in total. The van der Waals surface area contributed by atoms with Gasteiger partial charge in [-0.1, -0.05) is 0 Å². The first-order valence-corrected chi connectivity index (χ1v) is 5.91. The van der Waals surface area contributed by atoms with Crippen LogP contribution in [0.1, 0.15) is 28.7 Å². The van der Waals surface area contributed by atoms with Crippen LogP contribution in [0.2, 0.25) is 0 Å². The minimum Gasteiger partial charge on any atom is -0.346 e. The molecule has 2 rings (SSSR count). The molecule has 2 heterocycles. The van der Waals surface area contributed by atoms with E-state index in [1.807, 2.05) is 27.0 Å². The van der Waals surface area contributed by atoms with Crippen LogP contribution in [-0.2, 0) is 20.1 Å². The fraction of sp³-hybridized carbons (Fsp3) is 0.417. The summed E-state index contributed by atoms with van der Waals surface area (Å²) < 4.78 is 3.54. The molecule has 0 aromatic carbocycles. The van der Waals surface area contributed by atoms with Crippen molar-refractivity contribution < 1.29 is 4.79 Å². The Morgan fingerprint density at radius 2 is 2.22 bits per heavy atom. The van der Waals surface area contributed by atoms with E-state index in [1.54, 1.807) is 21.8 Å². The number of aromatic nitrogens is 4. The van der Waals surface area contributed by atoms with Gasteiger partial charge in [-0.2, -0.15) is 10.2 Å². The second kappa shape index (κ2) is 5.03. The summed E-state index contributed by atoms with van der Waals surface area (Å²) in [5, 5.41) is 11.1. The fourth-order valence-electron chi connectivity index (χ4n) is 1.83. The number of hydrogen-bond acceptors (Lipinski definition) is 3.